The van der Waals surface area contributed by atoms with E-state index in [9.17, 15) is 9.13 Å². The van der Waals surface area contributed by atoms with Gasteiger partial charge in [-0.25, -0.2) is 4.98 Å². The molecule has 0 aliphatic rings. The fourth-order valence-electron chi connectivity index (χ4n) is 1.49. The molecule has 0 amide bonds. The number of hydrogen-bond donors (Lipinski definition) is 2. The molecule has 3 aromatic rings. The average Bonchev–Trinajstić information content (AvgIpc) is 3.08. The number of rotatable bonds is 2. The fraction of sp³-hybridized carbons (Fsp3) is 0.0625. The number of aromatic nitrogens is 2. The van der Waals surface area contributed by atoms with E-state index in [4.69, 9.17) is 9.79 Å². The Balaban J connectivity index is 0.000000346. The topological polar surface area (TPSA) is 92.4 Å². The molecular weight excluding hydrogens is 412 g/mol. The first-order valence-electron chi connectivity index (χ1n) is 6.99. The third-order valence-electron chi connectivity index (χ3n) is 2.68. The molecule has 2 N–H and O–H groups in total. The Bertz CT molecular complexity index is 692. The number of aryl methyl sites for hydroxylation is 1. The molecule has 2 aromatic carbocycles. The van der Waals surface area contributed by atoms with Gasteiger partial charge in [-0.1, -0.05) is 36.4 Å². The van der Waals surface area contributed by atoms with Crippen molar-refractivity contribution in [3.05, 3.63) is 79.4 Å². The van der Waals surface area contributed by atoms with Crippen LogP contribution in [0.3, 0.4) is 0 Å². The monoisotopic (exact) mass is 430 g/mol. The minimum Gasteiger partial charge on any atom is -0.343 e. The summed E-state index contributed by atoms with van der Waals surface area (Å²) in [5, 5.41) is 1.03. The molecule has 0 radical (unpaired) electrons. The predicted molar refractivity (Wildman–Crippen MR) is 97.8 cm³/mol. The van der Waals surface area contributed by atoms with E-state index >= 15 is 0 Å². The van der Waals surface area contributed by atoms with Gasteiger partial charge in [0.05, 0.1) is 6.33 Å². The molecule has 25 heavy (non-hydrogen) atoms. The van der Waals surface area contributed by atoms with Crippen LogP contribution in [0.4, 0.5) is 0 Å². The molecule has 9 heteroatoms. The van der Waals surface area contributed by atoms with Crippen molar-refractivity contribution in [3.63, 3.8) is 0 Å². The quantitative estimate of drug-likeness (QED) is 0.478. The summed E-state index contributed by atoms with van der Waals surface area (Å²) < 4.78 is 22.7. The van der Waals surface area contributed by atoms with Crippen molar-refractivity contribution in [3.8, 4) is 0 Å². The maximum absolute atomic E-state index is 10.4. The Labute approximate surface area is 161 Å². The van der Waals surface area contributed by atoms with Crippen LogP contribution >= 0.6 is 16.1 Å². The van der Waals surface area contributed by atoms with Crippen LogP contribution in [-0.2, 0) is 35.7 Å². The molecule has 0 saturated carbocycles. The molecule has 0 aliphatic carbocycles. The summed E-state index contributed by atoms with van der Waals surface area (Å²) in [7, 11) is -2.99. The number of imidazole rings is 1. The smallest absolute Gasteiger partial charge is 0.218 e. The number of hydrogen-bond acceptors (Lipinski definition) is 3. The van der Waals surface area contributed by atoms with E-state index in [2.05, 4.69) is 4.98 Å². The van der Waals surface area contributed by atoms with Crippen LogP contribution in [0, 0.1) is 0 Å². The Morgan fingerprint density at radius 2 is 1.24 bits per heavy atom. The van der Waals surface area contributed by atoms with Gasteiger partial charge in [0.25, 0.3) is 0 Å². The zero-order chi connectivity index (χ0) is 17.8. The van der Waals surface area contributed by atoms with E-state index in [0.717, 1.165) is 0 Å². The van der Waals surface area contributed by atoms with Crippen molar-refractivity contribution in [1.82, 2.24) is 9.55 Å². The summed E-state index contributed by atoms with van der Waals surface area (Å²) in [5.74, 6) is 0. The molecule has 1 aromatic heterocycles. The van der Waals surface area contributed by atoms with Crippen LogP contribution in [0.1, 0.15) is 0 Å². The van der Waals surface area contributed by atoms with Gasteiger partial charge in [0.1, 0.15) is 0 Å². The van der Waals surface area contributed by atoms with Crippen molar-refractivity contribution in [2.75, 3.05) is 0 Å². The van der Waals surface area contributed by atoms with Crippen LogP contribution in [-0.4, -0.2) is 19.3 Å². The molecule has 2 atom stereocenters. The summed E-state index contributed by atoms with van der Waals surface area (Å²) in [6.07, 6.45) is 5.39. The van der Waals surface area contributed by atoms with Gasteiger partial charge in [0.15, 0.2) is 0 Å². The predicted octanol–water partition coefficient (Wildman–Crippen LogP) is 1.98. The molecule has 0 spiro atoms. The Hall–Kier alpha value is -1.35. The second kappa shape index (κ2) is 13.9. The van der Waals surface area contributed by atoms with Gasteiger partial charge < -0.3 is 14.4 Å². The van der Waals surface area contributed by atoms with Crippen LogP contribution in [0.15, 0.2) is 79.4 Å². The fourth-order valence-corrected chi connectivity index (χ4v) is 2.44. The first kappa shape index (κ1) is 23.7. The van der Waals surface area contributed by atoms with Gasteiger partial charge >= 0.3 is 0 Å². The summed E-state index contributed by atoms with van der Waals surface area (Å²) in [6.45, 7) is 0. The largest absolute Gasteiger partial charge is 0.343 e. The van der Waals surface area contributed by atoms with E-state index in [-0.39, 0.29) is 19.5 Å². The van der Waals surface area contributed by atoms with Gasteiger partial charge in [-0.05, 0) is 24.3 Å². The van der Waals surface area contributed by atoms with Gasteiger partial charge in [-0.15, -0.1) is 0 Å². The summed E-state index contributed by atoms with van der Waals surface area (Å²) in [4.78, 5) is 20.9. The molecule has 0 fully saturated rings. The van der Waals surface area contributed by atoms with Crippen LogP contribution < -0.4 is 10.6 Å². The van der Waals surface area contributed by atoms with Gasteiger partial charge in [0.2, 0.25) is 16.1 Å². The normalized spacial score (nSPS) is 11.5. The molecule has 0 saturated heterocycles. The first-order valence-corrected chi connectivity index (χ1v) is 9.70. The standard InChI is InChI=1S/2C6H7O2P.C4H6N2.Zn/c2*7-9(8)6-4-2-1-3-5-6;1-6-3-2-5-4-6;/h2*1-5,9H,(H,7,8);2-4H,1H3;. The minimum atomic E-state index is -2.46. The van der Waals surface area contributed by atoms with Gasteiger partial charge in [-0.2, -0.15) is 0 Å². The third kappa shape index (κ3) is 11.0. The zero-order valence-corrected chi connectivity index (χ0v) is 18.8. The Kier molecular flexibility index (Phi) is 13.1. The summed E-state index contributed by atoms with van der Waals surface area (Å²) >= 11 is 0. The summed E-state index contributed by atoms with van der Waals surface area (Å²) in [6, 6.07) is 17.2. The van der Waals surface area contributed by atoms with Crippen molar-refractivity contribution in [2.45, 2.75) is 0 Å². The number of benzene rings is 2. The average molecular weight is 432 g/mol. The molecule has 0 bridgehead atoms. The SMILES string of the molecule is Cn1ccnc1.O=[PH](O)c1ccccc1.O=[PH](O)c1ccccc1.[Zn]. The maximum atomic E-state index is 10.4. The molecule has 2 unspecified atom stereocenters. The van der Waals surface area contributed by atoms with Crippen LogP contribution in [0.5, 0.6) is 0 Å². The first-order chi connectivity index (χ1) is 11.5. The van der Waals surface area contributed by atoms with Crippen LogP contribution in [0.25, 0.3) is 0 Å². The Morgan fingerprint density at radius 1 is 0.840 bits per heavy atom. The van der Waals surface area contributed by atoms with Crippen molar-refractivity contribution < 1.29 is 38.4 Å². The minimum absolute atomic E-state index is 0. The van der Waals surface area contributed by atoms with E-state index in [0.29, 0.717) is 10.6 Å². The second-order valence-electron chi connectivity index (χ2n) is 4.57. The van der Waals surface area contributed by atoms with E-state index in [1.807, 2.05) is 29.9 Å². The molecule has 130 valence electrons. The zero-order valence-electron chi connectivity index (χ0n) is 13.8. The van der Waals surface area contributed by atoms with Gasteiger partial charge in [0, 0.05) is 49.5 Å². The molecule has 1 heterocycles. The van der Waals surface area contributed by atoms with Crippen molar-refractivity contribution in [1.29, 1.82) is 0 Å². The maximum Gasteiger partial charge on any atom is 0.218 e. The van der Waals surface area contributed by atoms with Crippen molar-refractivity contribution >= 4 is 26.7 Å². The van der Waals surface area contributed by atoms with Crippen molar-refractivity contribution in [2.24, 2.45) is 7.05 Å². The molecule has 0 aliphatic heterocycles. The van der Waals surface area contributed by atoms with E-state index < -0.39 is 16.1 Å². The van der Waals surface area contributed by atoms with E-state index in [1.165, 1.54) is 0 Å². The van der Waals surface area contributed by atoms with Gasteiger partial charge in [-0.3, -0.25) is 9.13 Å². The third-order valence-corrected chi connectivity index (χ3v) is 4.33. The second-order valence-corrected chi connectivity index (χ2v) is 6.95. The number of nitrogens with zero attached hydrogens (tertiary/aromatic N) is 2. The Morgan fingerprint density at radius 3 is 1.40 bits per heavy atom. The van der Waals surface area contributed by atoms with E-state index in [1.54, 1.807) is 61.1 Å². The molecular formula is C16H20N2O4P2Zn. The summed E-state index contributed by atoms with van der Waals surface area (Å²) in [5.41, 5.74) is 0. The van der Waals surface area contributed by atoms with Crippen LogP contribution in [0.2, 0.25) is 0 Å². The molecule has 3 rings (SSSR count). The molecule has 6 nitrogen and oxygen atoms in total.